The van der Waals surface area contributed by atoms with Gasteiger partial charge in [0.25, 0.3) is 11.6 Å². The fourth-order valence-electron chi connectivity index (χ4n) is 3.18. The van der Waals surface area contributed by atoms with E-state index in [-0.39, 0.29) is 11.6 Å². The van der Waals surface area contributed by atoms with Gasteiger partial charge in [0.05, 0.1) is 23.7 Å². The van der Waals surface area contributed by atoms with E-state index < -0.39 is 10.5 Å². The first-order valence-electron chi connectivity index (χ1n) is 9.49. The number of nitro benzene ring substituents is 1. The molecular weight excluding hydrogens is 376 g/mol. The maximum atomic E-state index is 13.0. The molecule has 9 heteroatoms. The summed E-state index contributed by atoms with van der Waals surface area (Å²) in [5, 5.41) is 15.6. The first-order valence-corrected chi connectivity index (χ1v) is 9.49. The summed E-state index contributed by atoms with van der Waals surface area (Å²) in [5.74, 6) is 0.743. The standard InChI is InChI=1S/C20H26N4O5/c1-13-12-15(6-7-16(13)24(26)27)29-19-14(2)17(21-23(19)20(3,4)5)18(25)22-8-10-28-11-9-22/h6-7,12H,8-11H2,1-5H3. The Morgan fingerprint density at radius 3 is 2.45 bits per heavy atom. The molecule has 0 aliphatic carbocycles. The lowest BCUT2D eigenvalue weighted by atomic mass is 10.1. The third kappa shape index (κ3) is 4.24. The molecule has 3 rings (SSSR count). The Morgan fingerprint density at radius 1 is 1.24 bits per heavy atom. The zero-order chi connectivity index (χ0) is 21.3. The Morgan fingerprint density at radius 2 is 1.90 bits per heavy atom. The minimum Gasteiger partial charge on any atom is -0.439 e. The summed E-state index contributed by atoms with van der Waals surface area (Å²) in [5.41, 5.74) is 1.07. The Hall–Kier alpha value is -2.94. The van der Waals surface area contributed by atoms with Gasteiger partial charge in [-0.3, -0.25) is 14.9 Å². The van der Waals surface area contributed by atoms with E-state index in [4.69, 9.17) is 9.47 Å². The molecule has 9 nitrogen and oxygen atoms in total. The second-order valence-corrected chi connectivity index (χ2v) is 8.07. The molecule has 2 aromatic rings. The number of ether oxygens (including phenoxy) is 2. The number of rotatable bonds is 4. The van der Waals surface area contributed by atoms with E-state index in [1.807, 2.05) is 20.8 Å². The van der Waals surface area contributed by atoms with Gasteiger partial charge in [-0.15, -0.1) is 0 Å². The molecule has 2 heterocycles. The van der Waals surface area contributed by atoms with Crippen LogP contribution in [0.5, 0.6) is 11.6 Å². The average Bonchev–Trinajstić information content (AvgIpc) is 2.98. The summed E-state index contributed by atoms with van der Waals surface area (Å²) >= 11 is 0. The third-order valence-corrected chi connectivity index (χ3v) is 4.78. The molecule has 1 aliphatic heterocycles. The molecule has 1 aliphatic rings. The number of nitrogens with zero attached hydrogens (tertiary/aromatic N) is 4. The first kappa shape index (κ1) is 20.8. The highest BCUT2D eigenvalue weighted by molar-refractivity contribution is 5.94. The van der Waals surface area contributed by atoms with E-state index in [0.29, 0.717) is 54.8 Å². The Bertz CT molecular complexity index is 939. The van der Waals surface area contributed by atoms with Crippen molar-refractivity contribution in [3.05, 3.63) is 45.1 Å². The van der Waals surface area contributed by atoms with Crippen molar-refractivity contribution >= 4 is 11.6 Å². The first-order chi connectivity index (χ1) is 13.6. The molecule has 0 spiro atoms. The van der Waals surface area contributed by atoms with Crippen molar-refractivity contribution in [2.45, 2.75) is 40.2 Å². The van der Waals surface area contributed by atoms with Gasteiger partial charge in [-0.2, -0.15) is 5.10 Å². The zero-order valence-electron chi connectivity index (χ0n) is 17.4. The molecule has 1 amide bonds. The molecule has 0 saturated carbocycles. The lowest BCUT2D eigenvalue weighted by molar-refractivity contribution is -0.385. The van der Waals surface area contributed by atoms with Crippen LogP contribution < -0.4 is 4.74 Å². The second kappa shape index (κ2) is 7.82. The molecule has 0 bridgehead atoms. The highest BCUT2D eigenvalue weighted by Gasteiger charge is 2.30. The van der Waals surface area contributed by atoms with Crippen LogP contribution in [0.2, 0.25) is 0 Å². The highest BCUT2D eigenvalue weighted by atomic mass is 16.6. The van der Waals surface area contributed by atoms with E-state index >= 15 is 0 Å². The van der Waals surface area contributed by atoms with Crippen LogP contribution in [-0.2, 0) is 10.3 Å². The van der Waals surface area contributed by atoms with Crippen molar-refractivity contribution in [2.75, 3.05) is 26.3 Å². The van der Waals surface area contributed by atoms with Crippen LogP contribution in [-0.4, -0.2) is 51.8 Å². The van der Waals surface area contributed by atoms with Crippen molar-refractivity contribution in [3.63, 3.8) is 0 Å². The smallest absolute Gasteiger partial charge is 0.274 e. The Balaban J connectivity index is 1.99. The van der Waals surface area contributed by atoms with E-state index in [9.17, 15) is 14.9 Å². The molecular formula is C20H26N4O5. The van der Waals surface area contributed by atoms with E-state index in [1.165, 1.54) is 6.07 Å². The molecule has 0 radical (unpaired) electrons. The molecule has 0 N–H and O–H groups in total. The van der Waals surface area contributed by atoms with Crippen LogP contribution >= 0.6 is 0 Å². The quantitative estimate of drug-likeness (QED) is 0.574. The molecule has 0 atom stereocenters. The largest absolute Gasteiger partial charge is 0.439 e. The summed E-state index contributed by atoms with van der Waals surface area (Å²) in [6.45, 7) is 11.4. The van der Waals surface area contributed by atoms with Crippen LogP contribution in [0, 0.1) is 24.0 Å². The van der Waals surface area contributed by atoms with Gasteiger partial charge in [0.2, 0.25) is 5.88 Å². The molecule has 1 fully saturated rings. The maximum absolute atomic E-state index is 13.0. The van der Waals surface area contributed by atoms with Gasteiger partial charge >= 0.3 is 0 Å². The SMILES string of the molecule is Cc1cc(Oc2c(C)c(C(=O)N3CCOCC3)nn2C(C)(C)C)ccc1[N+](=O)[O-]. The van der Waals surface area contributed by atoms with E-state index in [2.05, 4.69) is 5.10 Å². The number of hydrogen-bond donors (Lipinski definition) is 0. The number of carbonyl (C=O) groups excluding carboxylic acids is 1. The third-order valence-electron chi connectivity index (χ3n) is 4.78. The van der Waals surface area contributed by atoms with Crippen molar-refractivity contribution in [2.24, 2.45) is 0 Å². The summed E-state index contributed by atoms with van der Waals surface area (Å²) in [7, 11) is 0. The van der Waals surface area contributed by atoms with Gasteiger partial charge in [-0.05, 0) is 46.8 Å². The fourth-order valence-corrected chi connectivity index (χ4v) is 3.18. The van der Waals surface area contributed by atoms with Crippen molar-refractivity contribution < 1.29 is 19.2 Å². The minimum atomic E-state index is -0.431. The van der Waals surface area contributed by atoms with Gasteiger partial charge in [-0.1, -0.05) is 0 Å². The number of hydrogen-bond acceptors (Lipinski definition) is 6. The number of nitro groups is 1. The lowest BCUT2D eigenvalue weighted by Crippen LogP contribution is -2.41. The van der Waals surface area contributed by atoms with Gasteiger partial charge in [0.1, 0.15) is 5.75 Å². The number of morpholine rings is 1. The molecule has 1 saturated heterocycles. The lowest BCUT2D eigenvalue weighted by Gasteiger charge is -2.26. The molecule has 0 unspecified atom stereocenters. The van der Waals surface area contributed by atoms with Gasteiger partial charge in [0, 0.05) is 30.3 Å². The Kier molecular flexibility index (Phi) is 5.61. The highest BCUT2D eigenvalue weighted by Crippen LogP contribution is 2.34. The summed E-state index contributed by atoms with van der Waals surface area (Å²) in [6, 6.07) is 4.58. The summed E-state index contributed by atoms with van der Waals surface area (Å²) in [6.07, 6.45) is 0. The number of aromatic nitrogens is 2. The second-order valence-electron chi connectivity index (χ2n) is 8.07. The van der Waals surface area contributed by atoms with Crippen LogP contribution in [0.4, 0.5) is 5.69 Å². The van der Waals surface area contributed by atoms with Crippen LogP contribution in [0.15, 0.2) is 18.2 Å². The summed E-state index contributed by atoms with van der Waals surface area (Å²) in [4.78, 5) is 25.4. The fraction of sp³-hybridized carbons (Fsp3) is 0.500. The predicted octanol–water partition coefficient (Wildman–Crippen LogP) is 3.43. The van der Waals surface area contributed by atoms with E-state index in [0.717, 1.165) is 0 Å². The van der Waals surface area contributed by atoms with Crippen molar-refractivity contribution in [1.29, 1.82) is 0 Å². The zero-order valence-corrected chi connectivity index (χ0v) is 17.4. The van der Waals surface area contributed by atoms with E-state index in [1.54, 1.807) is 35.6 Å². The van der Waals surface area contributed by atoms with Crippen molar-refractivity contribution in [1.82, 2.24) is 14.7 Å². The predicted molar refractivity (Wildman–Crippen MR) is 107 cm³/mol. The minimum absolute atomic E-state index is 0.0292. The van der Waals surface area contributed by atoms with Gasteiger partial charge < -0.3 is 14.4 Å². The monoisotopic (exact) mass is 402 g/mol. The maximum Gasteiger partial charge on any atom is 0.274 e. The van der Waals surface area contributed by atoms with Gasteiger partial charge in [0.15, 0.2) is 5.69 Å². The van der Waals surface area contributed by atoms with Gasteiger partial charge in [-0.25, -0.2) is 4.68 Å². The summed E-state index contributed by atoms with van der Waals surface area (Å²) < 4.78 is 13.1. The van der Waals surface area contributed by atoms with Crippen molar-refractivity contribution in [3.8, 4) is 11.6 Å². The Labute approximate surface area is 169 Å². The number of carbonyl (C=O) groups is 1. The number of aryl methyl sites for hydroxylation is 1. The molecule has 156 valence electrons. The molecule has 1 aromatic carbocycles. The number of amides is 1. The topological polar surface area (TPSA) is 99.7 Å². The molecule has 29 heavy (non-hydrogen) atoms. The normalized spacial score (nSPS) is 14.7. The molecule has 1 aromatic heterocycles. The van der Waals surface area contributed by atoms with Crippen LogP contribution in [0.25, 0.3) is 0 Å². The average molecular weight is 402 g/mol. The number of benzene rings is 1. The van der Waals surface area contributed by atoms with Crippen LogP contribution in [0.3, 0.4) is 0 Å². The van der Waals surface area contributed by atoms with Crippen LogP contribution in [0.1, 0.15) is 42.4 Å².